The van der Waals surface area contributed by atoms with E-state index < -0.39 is 0 Å². The van der Waals surface area contributed by atoms with Crippen LogP contribution >= 0.6 is 0 Å². The van der Waals surface area contributed by atoms with Gasteiger partial charge in [0.15, 0.2) is 0 Å². The molecule has 0 radical (unpaired) electrons. The Morgan fingerprint density at radius 3 is 2.47 bits per heavy atom. The highest BCUT2D eigenvalue weighted by molar-refractivity contribution is 5.92. The fraction of sp³-hybridized carbons (Fsp3) is 0.929. The van der Waals surface area contributed by atoms with Crippen molar-refractivity contribution in [2.75, 3.05) is 0 Å². The summed E-state index contributed by atoms with van der Waals surface area (Å²) in [5, 5.41) is 3.50. The standard InChI is InChI=1S/C14H24N2O/c1-10(12-6-4-3-5-7-12)16-11(2)15-14(8-9-14)13(16)17/h10-12,15H,3-9H2,1-2H3. The van der Waals surface area contributed by atoms with Crippen LogP contribution in [-0.4, -0.2) is 28.6 Å². The van der Waals surface area contributed by atoms with Gasteiger partial charge in [0.1, 0.15) is 0 Å². The van der Waals surface area contributed by atoms with Crippen LogP contribution in [0.5, 0.6) is 0 Å². The Labute approximate surface area is 104 Å². The van der Waals surface area contributed by atoms with E-state index in [2.05, 4.69) is 24.1 Å². The monoisotopic (exact) mass is 236 g/mol. The Hall–Kier alpha value is -0.570. The topological polar surface area (TPSA) is 32.3 Å². The number of hydrogen-bond acceptors (Lipinski definition) is 2. The fourth-order valence-electron chi connectivity index (χ4n) is 3.82. The first-order valence-electron chi connectivity index (χ1n) is 7.24. The molecule has 3 fully saturated rings. The quantitative estimate of drug-likeness (QED) is 0.797. The molecule has 0 aromatic carbocycles. The van der Waals surface area contributed by atoms with E-state index in [1.807, 2.05) is 0 Å². The molecule has 1 N–H and O–H groups in total. The lowest BCUT2D eigenvalue weighted by Crippen LogP contribution is -2.45. The molecule has 2 unspecified atom stereocenters. The minimum atomic E-state index is -0.137. The van der Waals surface area contributed by atoms with Crippen molar-refractivity contribution in [3.05, 3.63) is 0 Å². The Kier molecular flexibility index (Phi) is 2.69. The maximum absolute atomic E-state index is 12.4. The van der Waals surface area contributed by atoms with Gasteiger partial charge in [-0.3, -0.25) is 10.1 Å². The summed E-state index contributed by atoms with van der Waals surface area (Å²) in [4.78, 5) is 14.6. The summed E-state index contributed by atoms with van der Waals surface area (Å²) in [6, 6.07) is 0.422. The first kappa shape index (κ1) is 11.5. The molecular formula is C14H24N2O. The molecule has 0 aromatic heterocycles. The van der Waals surface area contributed by atoms with Gasteiger partial charge in [-0.1, -0.05) is 19.3 Å². The molecular weight excluding hydrogens is 212 g/mol. The van der Waals surface area contributed by atoms with Crippen molar-refractivity contribution in [2.24, 2.45) is 5.92 Å². The molecule has 1 aliphatic heterocycles. The normalized spacial score (nSPS) is 34.4. The molecule has 1 heterocycles. The van der Waals surface area contributed by atoms with Gasteiger partial charge in [-0.05, 0) is 45.4 Å². The van der Waals surface area contributed by atoms with Crippen LogP contribution in [0.1, 0.15) is 58.8 Å². The van der Waals surface area contributed by atoms with Crippen molar-refractivity contribution in [1.29, 1.82) is 0 Å². The molecule has 2 atom stereocenters. The smallest absolute Gasteiger partial charge is 0.244 e. The molecule has 3 nitrogen and oxygen atoms in total. The Balaban J connectivity index is 1.72. The zero-order valence-electron chi connectivity index (χ0n) is 11.0. The van der Waals surface area contributed by atoms with E-state index in [1.165, 1.54) is 32.1 Å². The van der Waals surface area contributed by atoms with Gasteiger partial charge >= 0.3 is 0 Å². The average Bonchev–Trinajstić information content (AvgIpc) is 3.06. The lowest BCUT2D eigenvalue weighted by molar-refractivity contribution is -0.133. The van der Waals surface area contributed by atoms with Gasteiger partial charge < -0.3 is 4.90 Å². The molecule has 1 amide bonds. The molecule has 0 aromatic rings. The molecule has 2 saturated carbocycles. The Bertz CT molecular complexity index is 318. The minimum absolute atomic E-state index is 0.137. The van der Waals surface area contributed by atoms with E-state index >= 15 is 0 Å². The minimum Gasteiger partial charge on any atom is -0.323 e. The molecule has 0 bridgehead atoms. The number of hydrogen-bond donors (Lipinski definition) is 1. The van der Waals surface area contributed by atoms with Crippen LogP contribution in [0.15, 0.2) is 0 Å². The van der Waals surface area contributed by atoms with Gasteiger partial charge in [0.2, 0.25) is 5.91 Å². The highest BCUT2D eigenvalue weighted by atomic mass is 16.2. The van der Waals surface area contributed by atoms with E-state index in [1.54, 1.807) is 0 Å². The molecule has 2 aliphatic carbocycles. The van der Waals surface area contributed by atoms with Crippen molar-refractivity contribution in [2.45, 2.75) is 76.5 Å². The molecule has 96 valence electrons. The van der Waals surface area contributed by atoms with Crippen LogP contribution in [-0.2, 0) is 4.79 Å². The van der Waals surface area contributed by atoms with Crippen LogP contribution in [0.25, 0.3) is 0 Å². The number of nitrogens with zero attached hydrogens (tertiary/aromatic N) is 1. The molecule has 1 spiro atoms. The van der Waals surface area contributed by atoms with E-state index in [0.29, 0.717) is 11.9 Å². The second-order valence-electron chi connectivity index (χ2n) is 6.25. The number of amides is 1. The molecule has 1 saturated heterocycles. The first-order chi connectivity index (χ1) is 8.14. The Morgan fingerprint density at radius 1 is 1.29 bits per heavy atom. The van der Waals surface area contributed by atoms with E-state index in [0.717, 1.165) is 18.8 Å². The highest BCUT2D eigenvalue weighted by Gasteiger charge is 2.59. The lowest BCUT2D eigenvalue weighted by Gasteiger charge is -2.36. The summed E-state index contributed by atoms with van der Waals surface area (Å²) in [7, 11) is 0. The van der Waals surface area contributed by atoms with Gasteiger partial charge in [0.05, 0.1) is 11.7 Å². The summed E-state index contributed by atoms with van der Waals surface area (Å²) in [6.45, 7) is 4.40. The fourth-order valence-corrected chi connectivity index (χ4v) is 3.82. The zero-order valence-corrected chi connectivity index (χ0v) is 11.0. The average molecular weight is 236 g/mol. The molecule has 3 heteroatoms. The third-order valence-electron chi connectivity index (χ3n) is 5.07. The van der Waals surface area contributed by atoms with Gasteiger partial charge in [-0.2, -0.15) is 0 Å². The summed E-state index contributed by atoms with van der Waals surface area (Å²) < 4.78 is 0. The van der Waals surface area contributed by atoms with Crippen LogP contribution in [0.3, 0.4) is 0 Å². The SMILES string of the molecule is CC1NC2(CC2)C(=O)N1C(C)C1CCCCC1. The second kappa shape index (κ2) is 3.98. The zero-order chi connectivity index (χ0) is 12.0. The molecule has 3 aliphatic rings. The maximum Gasteiger partial charge on any atom is 0.244 e. The summed E-state index contributed by atoms with van der Waals surface area (Å²) in [5.74, 6) is 1.11. The number of carbonyl (C=O) groups is 1. The van der Waals surface area contributed by atoms with Crippen molar-refractivity contribution < 1.29 is 4.79 Å². The first-order valence-corrected chi connectivity index (χ1v) is 7.24. The van der Waals surface area contributed by atoms with Gasteiger partial charge in [0, 0.05) is 6.04 Å². The number of carbonyl (C=O) groups excluding carboxylic acids is 1. The van der Waals surface area contributed by atoms with Crippen LogP contribution in [0.2, 0.25) is 0 Å². The van der Waals surface area contributed by atoms with E-state index in [4.69, 9.17) is 0 Å². The lowest BCUT2D eigenvalue weighted by atomic mass is 9.84. The van der Waals surface area contributed by atoms with Crippen LogP contribution in [0.4, 0.5) is 0 Å². The molecule has 3 rings (SSSR count). The number of nitrogens with one attached hydrogen (secondary N) is 1. The van der Waals surface area contributed by atoms with Crippen molar-refractivity contribution in [3.8, 4) is 0 Å². The van der Waals surface area contributed by atoms with Gasteiger partial charge in [-0.15, -0.1) is 0 Å². The van der Waals surface area contributed by atoms with Crippen molar-refractivity contribution in [3.63, 3.8) is 0 Å². The van der Waals surface area contributed by atoms with Crippen LogP contribution in [0, 0.1) is 5.92 Å². The van der Waals surface area contributed by atoms with Crippen molar-refractivity contribution in [1.82, 2.24) is 10.2 Å². The van der Waals surface area contributed by atoms with Crippen LogP contribution < -0.4 is 5.32 Å². The predicted molar refractivity (Wildman–Crippen MR) is 67.4 cm³/mol. The highest BCUT2D eigenvalue weighted by Crippen LogP contribution is 2.44. The summed E-state index contributed by atoms with van der Waals surface area (Å²) in [6.07, 6.45) is 9.04. The second-order valence-corrected chi connectivity index (χ2v) is 6.25. The number of rotatable bonds is 2. The van der Waals surface area contributed by atoms with Crippen molar-refractivity contribution >= 4 is 5.91 Å². The van der Waals surface area contributed by atoms with E-state index in [-0.39, 0.29) is 11.7 Å². The van der Waals surface area contributed by atoms with Gasteiger partial charge in [0.25, 0.3) is 0 Å². The van der Waals surface area contributed by atoms with Gasteiger partial charge in [-0.25, -0.2) is 0 Å². The third-order valence-corrected chi connectivity index (χ3v) is 5.07. The Morgan fingerprint density at radius 2 is 1.94 bits per heavy atom. The maximum atomic E-state index is 12.4. The predicted octanol–water partition coefficient (Wildman–Crippen LogP) is 2.27. The third kappa shape index (κ3) is 1.79. The summed E-state index contributed by atoms with van der Waals surface area (Å²) >= 11 is 0. The largest absolute Gasteiger partial charge is 0.323 e. The van der Waals surface area contributed by atoms with E-state index in [9.17, 15) is 4.79 Å². The molecule has 17 heavy (non-hydrogen) atoms. The summed E-state index contributed by atoms with van der Waals surface area (Å²) in [5.41, 5.74) is -0.137.